The molecule has 2 aromatic heterocycles. The molecule has 22 heavy (non-hydrogen) atoms. The molecule has 2 N–H and O–H groups in total. The van der Waals surface area contributed by atoms with Gasteiger partial charge >= 0.3 is 0 Å². The summed E-state index contributed by atoms with van der Waals surface area (Å²) in [6.45, 7) is 6.18. The molecule has 6 heteroatoms. The van der Waals surface area contributed by atoms with Gasteiger partial charge in [-0.15, -0.1) is 10.2 Å². The molecule has 2 heterocycles. The molecule has 0 amide bonds. The molecule has 0 aliphatic carbocycles. The number of fused-ring (bicyclic) bond motifs is 1. The van der Waals surface area contributed by atoms with Gasteiger partial charge in [0.15, 0.2) is 11.6 Å². The molecular formula is C16H26N6. The molecule has 0 aliphatic rings. The van der Waals surface area contributed by atoms with Crippen molar-refractivity contribution in [2.24, 2.45) is 10.9 Å². The average Bonchev–Trinajstić information content (AvgIpc) is 2.97. The summed E-state index contributed by atoms with van der Waals surface area (Å²) in [6.07, 6.45) is 5.17. The maximum Gasteiger partial charge on any atom is 0.190 e. The third-order valence-electron chi connectivity index (χ3n) is 3.96. The van der Waals surface area contributed by atoms with Crippen molar-refractivity contribution < 1.29 is 0 Å². The monoisotopic (exact) mass is 302 g/mol. The Morgan fingerprint density at radius 2 is 2.05 bits per heavy atom. The van der Waals surface area contributed by atoms with Gasteiger partial charge < -0.3 is 10.6 Å². The SMILES string of the molecule is CCC(CC)CNC(=NC)NCCc1nnc2ccccn12. The Balaban J connectivity index is 1.81. The number of pyridine rings is 1. The minimum Gasteiger partial charge on any atom is -0.356 e. The van der Waals surface area contributed by atoms with E-state index in [1.54, 1.807) is 7.05 Å². The summed E-state index contributed by atoms with van der Waals surface area (Å²) >= 11 is 0. The Labute approximate surface area is 132 Å². The van der Waals surface area contributed by atoms with E-state index < -0.39 is 0 Å². The van der Waals surface area contributed by atoms with Crippen LogP contribution in [0.25, 0.3) is 5.65 Å². The first-order valence-corrected chi connectivity index (χ1v) is 8.01. The van der Waals surface area contributed by atoms with Gasteiger partial charge in [0.25, 0.3) is 0 Å². The quantitative estimate of drug-likeness (QED) is 0.605. The largest absolute Gasteiger partial charge is 0.356 e. The van der Waals surface area contributed by atoms with Crippen LogP contribution in [-0.2, 0) is 6.42 Å². The first kappa shape index (κ1) is 16.3. The summed E-state index contributed by atoms with van der Waals surface area (Å²) in [6, 6.07) is 5.92. The van der Waals surface area contributed by atoms with Crippen LogP contribution in [0.3, 0.4) is 0 Å². The number of aromatic nitrogens is 3. The van der Waals surface area contributed by atoms with Gasteiger partial charge in [-0.1, -0.05) is 32.8 Å². The van der Waals surface area contributed by atoms with Crippen molar-refractivity contribution in [3.8, 4) is 0 Å². The zero-order valence-electron chi connectivity index (χ0n) is 13.7. The van der Waals surface area contributed by atoms with Gasteiger partial charge in [-0.25, -0.2) is 0 Å². The summed E-state index contributed by atoms with van der Waals surface area (Å²) in [4.78, 5) is 4.26. The Hall–Kier alpha value is -2.11. The predicted octanol–water partition coefficient (Wildman–Crippen LogP) is 1.87. The molecule has 0 aliphatic heterocycles. The van der Waals surface area contributed by atoms with E-state index in [2.05, 4.69) is 39.7 Å². The van der Waals surface area contributed by atoms with E-state index in [9.17, 15) is 0 Å². The topological polar surface area (TPSA) is 66.6 Å². The van der Waals surface area contributed by atoms with Gasteiger partial charge in [-0.2, -0.15) is 0 Å². The number of rotatable bonds is 7. The first-order chi connectivity index (χ1) is 10.8. The molecule has 120 valence electrons. The van der Waals surface area contributed by atoms with Crippen LogP contribution in [0.15, 0.2) is 29.4 Å². The van der Waals surface area contributed by atoms with Crippen molar-refractivity contribution in [2.45, 2.75) is 33.1 Å². The third kappa shape index (κ3) is 4.19. The summed E-state index contributed by atoms with van der Waals surface area (Å²) in [5.41, 5.74) is 0.883. The van der Waals surface area contributed by atoms with E-state index >= 15 is 0 Å². The number of hydrogen-bond donors (Lipinski definition) is 2. The van der Waals surface area contributed by atoms with E-state index in [1.165, 1.54) is 12.8 Å². The van der Waals surface area contributed by atoms with Gasteiger partial charge in [0, 0.05) is 32.8 Å². The summed E-state index contributed by atoms with van der Waals surface area (Å²) in [7, 11) is 1.80. The molecule has 0 saturated carbocycles. The smallest absolute Gasteiger partial charge is 0.190 e. The molecular weight excluding hydrogens is 276 g/mol. The number of nitrogens with one attached hydrogen (secondary N) is 2. The lowest BCUT2D eigenvalue weighted by atomic mass is 10.0. The van der Waals surface area contributed by atoms with Gasteiger partial charge in [0.1, 0.15) is 5.82 Å². The van der Waals surface area contributed by atoms with Gasteiger partial charge in [0.05, 0.1) is 0 Å². The lowest BCUT2D eigenvalue weighted by molar-refractivity contribution is 0.481. The molecule has 2 aromatic rings. The molecule has 0 bridgehead atoms. The molecule has 6 nitrogen and oxygen atoms in total. The van der Waals surface area contributed by atoms with Gasteiger partial charge in [0.2, 0.25) is 0 Å². The fourth-order valence-electron chi connectivity index (χ4n) is 2.39. The van der Waals surface area contributed by atoms with Crippen LogP contribution in [0.4, 0.5) is 0 Å². The van der Waals surface area contributed by atoms with Crippen molar-refractivity contribution in [2.75, 3.05) is 20.1 Å². The normalized spacial score (nSPS) is 12.1. The first-order valence-electron chi connectivity index (χ1n) is 8.01. The predicted molar refractivity (Wildman–Crippen MR) is 90.1 cm³/mol. The van der Waals surface area contributed by atoms with Crippen LogP contribution in [0.2, 0.25) is 0 Å². The number of aliphatic imine (C=N–C) groups is 1. The summed E-state index contributed by atoms with van der Waals surface area (Å²) in [5.74, 6) is 2.50. The maximum absolute atomic E-state index is 4.26. The average molecular weight is 302 g/mol. The molecule has 0 unspecified atom stereocenters. The highest BCUT2D eigenvalue weighted by atomic mass is 15.2. The lowest BCUT2D eigenvalue weighted by Crippen LogP contribution is -2.40. The molecule has 0 fully saturated rings. The van der Waals surface area contributed by atoms with Gasteiger partial charge in [-0.3, -0.25) is 9.39 Å². The molecule has 0 spiro atoms. The fraction of sp³-hybridized carbons (Fsp3) is 0.562. The lowest BCUT2D eigenvalue weighted by Gasteiger charge is -2.16. The maximum atomic E-state index is 4.26. The van der Waals surface area contributed by atoms with E-state index in [4.69, 9.17) is 0 Å². The fourth-order valence-corrected chi connectivity index (χ4v) is 2.39. The Morgan fingerprint density at radius 3 is 2.77 bits per heavy atom. The number of guanidine groups is 1. The minimum absolute atomic E-state index is 0.694. The molecule has 0 aromatic carbocycles. The van der Waals surface area contributed by atoms with Crippen molar-refractivity contribution in [1.82, 2.24) is 25.2 Å². The van der Waals surface area contributed by atoms with E-state index in [1.807, 2.05) is 28.8 Å². The number of nitrogens with zero attached hydrogens (tertiary/aromatic N) is 4. The van der Waals surface area contributed by atoms with Crippen molar-refractivity contribution >= 4 is 11.6 Å². The second-order valence-electron chi connectivity index (χ2n) is 5.36. The Morgan fingerprint density at radius 1 is 1.23 bits per heavy atom. The second-order valence-corrected chi connectivity index (χ2v) is 5.36. The van der Waals surface area contributed by atoms with Crippen LogP contribution in [0, 0.1) is 5.92 Å². The van der Waals surface area contributed by atoms with Crippen LogP contribution in [0.1, 0.15) is 32.5 Å². The minimum atomic E-state index is 0.694. The highest BCUT2D eigenvalue weighted by Crippen LogP contribution is 2.05. The summed E-state index contributed by atoms with van der Waals surface area (Å²) in [5, 5.41) is 15.1. The molecule has 2 rings (SSSR count). The van der Waals surface area contributed by atoms with Crippen molar-refractivity contribution in [3.05, 3.63) is 30.2 Å². The van der Waals surface area contributed by atoms with E-state index in [0.29, 0.717) is 5.92 Å². The highest BCUT2D eigenvalue weighted by molar-refractivity contribution is 5.79. The van der Waals surface area contributed by atoms with E-state index in [-0.39, 0.29) is 0 Å². The van der Waals surface area contributed by atoms with Crippen molar-refractivity contribution in [1.29, 1.82) is 0 Å². The molecule has 0 atom stereocenters. The van der Waals surface area contributed by atoms with Crippen LogP contribution in [-0.4, -0.2) is 40.7 Å². The molecule has 0 saturated heterocycles. The van der Waals surface area contributed by atoms with Crippen LogP contribution >= 0.6 is 0 Å². The third-order valence-corrected chi connectivity index (χ3v) is 3.96. The standard InChI is InChI=1S/C16H26N6/c1-4-13(5-2)12-19-16(17-3)18-10-9-15-21-20-14-8-6-7-11-22(14)15/h6-8,11,13H,4-5,9-10,12H2,1-3H3,(H2,17,18,19). The summed E-state index contributed by atoms with van der Waals surface area (Å²) < 4.78 is 2.02. The Bertz CT molecular complexity index is 599. The zero-order valence-corrected chi connectivity index (χ0v) is 13.7. The number of hydrogen-bond acceptors (Lipinski definition) is 3. The van der Waals surface area contributed by atoms with Crippen molar-refractivity contribution in [3.63, 3.8) is 0 Å². The Kier molecular flexibility index (Phi) is 6.18. The highest BCUT2D eigenvalue weighted by Gasteiger charge is 2.06. The van der Waals surface area contributed by atoms with E-state index in [0.717, 1.165) is 36.9 Å². The van der Waals surface area contributed by atoms with Crippen LogP contribution in [0.5, 0.6) is 0 Å². The molecule has 0 radical (unpaired) electrons. The van der Waals surface area contributed by atoms with Gasteiger partial charge in [-0.05, 0) is 18.1 Å². The second kappa shape index (κ2) is 8.36. The zero-order chi connectivity index (χ0) is 15.8. The van der Waals surface area contributed by atoms with Crippen LogP contribution < -0.4 is 10.6 Å².